The van der Waals surface area contributed by atoms with Crippen molar-refractivity contribution in [3.63, 3.8) is 0 Å². The fraction of sp³-hybridized carbons (Fsp3) is 0.208. The highest BCUT2D eigenvalue weighted by molar-refractivity contribution is 7.92. The summed E-state index contributed by atoms with van der Waals surface area (Å²) in [6, 6.07) is 24.0. The van der Waals surface area contributed by atoms with Gasteiger partial charge in [0, 0.05) is 0 Å². The minimum absolute atomic E-state index is 0.0863. The van der Waals surface area contributed by atoms with E-state index in [2.05, 4.69) is 5.32 Å². The second kappa shape index (κ2) is 8.43. The Morgan fingerprint density at radius 2 is 1.65 bits per heavy atom. The Hall–Kier alpha value is -3.32. The maximum absolute atomic E-state index is 13.3. The lowest BCUT2D eigenvalue weighted by Gasteiger charge is -2.34. The first-order chi connectivity index (χ1) is 14.8. The number of anilines is 1. The molecule has 0 aliphatic carbocycles. The van der Waals surface area contributed by atoms with Crippen LogP contribution in [0.25, 0.3) is 0 Å². The summed E-state index contributed by atoms with van der Waals surface area (Å²) in [4.78, 5) is 13.3. The van der Waals surface area contributed by atoms with Gasteiger partial charge in [-0.05, 0) is 35.7 Å². The average molecular weight is 437 g/mol. The van der Waals surface area contributed by atoms with Crippen molar-refractivity contribution in [2.75, 3.05) is 17.1 Å². The molecule has 0 saturated heterocycles. The lowest BCUT2D eigenvalue weighted by Crippen LogP contribution is -2.51. The molecule has 1 aliphatic rings. The maximum Gasteiger partial charge on any atom is 0.263 e. The summed E-state index contributed by atoms with van der Waals surface area (Å²) in [5.74, 6) is -0.00765. The minimum Gasteiger partial charge on any atom is -0.476 e. The number of para-hydroxylation sites is 2. The number of nitrogens with one attached hydrogen (secondary N) is 1. The van der Waals surface area contributed by atoms with Crippen molar-refractivity contribution >= 4 is 21.6 Å². The van der Waals surface area contributed by atoms with Gasteiger partial charge in [-0.1, -0.05) is 66.7 Å². The molecule has 0 saturated carbocycles. The van der Waals surface area contributed by atoms with Crippen LogP contribution in [0, 0.1) is 6.92 Å². The van der Waals surface area contributed by atoms with Crippen molar-refractivity contribution in [1.82, 2.24) is 5.32 Å². The van der Waals surface area contributed by atoms with Crippen LogP contribution in [0.5, 0.6) is 5.75 Å². The van der Waals surface area contributed by atoms with Gasteiger partial charge in [-0.25, -0.2) is 8.42 Å². The van der Waals surface area contributed by atoms with Gasteiger partial charge in [0.1, 0.15) is 5.75 Å². The highest BCUT2D eigenvalue weighted by atomic mass is 32.2. The molecule has 160 valence electrons. The molecule has 1 heterocycles. The normalized spacial score (nSPS) is 16.7. The molecule has 0 unspecified atom stereocenters. The van der Waals surface area contributed by atoms with E-state index in [1.165, 1.54) is 4.31 Å². The average Bonchev–Trinajstić information content (AvgIpc) is 2.77. The predicted octanol–water partition coefficient (Wildman–Crippen LogP) is 3.43. The first-order valence-corrected chi connectivity index (χ1v) is 11.8. The van der Waals surface area contributed by atoms with E-state index in [-0.39, 0.29) is 18.5 Å². The van der Waals surface area contributed by atoms with Crippen LogP contribution in [-0.4, -0.2) is 33.2 Å². The first kappa shape index (κ1) is 20.9. The molecule has 0 radical (unpaired) electrons. The quantitative estimate of drug-likeness (QED) is 0.665. The third-order valence-electron chi connectivity index (χ3n) is 5.35. The van der Waals surface area contributed by atoms with Crippen molar-refractivity contribution < 1.29 is 17.9 Å². The molecule has 2 atom stereocenters. The Bertz CT molecular complexity index is 1190. The molecule has 7 heteroatoms. The number of aryl methyl sites for hydroxylation is 1. The number of carbonyl (C=O) groups excluding carboxylic acids is 1. The van der Waals surface area contributed by atoms with Gasteiger partial charge in [0.25, 0.3) is 5.91 Å². The third kappa shape index (κ3) is 4.41. The molecule has 3 aromatic carbocycles. The van der Waals surface area contributed by atoms with Crippen LogP contribution < -0.4 is 14.4 Å². The fourth-order valence-electron chi connectivity index (χ4n) is 3.78. The highest BCUT2D eigenvalue weighted by Gasteiger charge is 2.36. The smallest absolute Gasteiger partial charge is 0.263 e. The summed E-state index contributed by atoms with van der Waals surface area (Å²) in [7, 11) is -3.57. The molecule has 31 heavy (non-hydrogen) atoms. The van der Waals surface area contributed by atoms with Crippen molar-refractivity contribution in [3.05, 3.63) is 95.6 Å². The van der Waals surface area contributed by atoms with Crippen molar-refractivity contribution in [1.29, 1.82) is 0 Å². The van der Waals surface area contributed by atoms with Crippen LogP contribution in [0.15, 0.2) is 78.9 Å². The van der Waals surface area contributed by atoms with E-state index < -0.39 is 16.1 Å². The summed E-state index contributed by atoms with van der Waals surface area (Å²) in [6.07, 6.45) is 0.157. The minimum atomic E-state index is -3.57. The number of amides is 1. The molecule has 0 aromatic heterocycles. The second-order valence-electron chi connectivity index (χ2n) is 7.58. The molecular weight excluding hydrogens is 412 g/mol. The lowest BCUT2D eigenvalue weighted by molar-refractivity contribution is -0.128. The van der Waals surface area contributed by atoms with Gasteiger partial charge in [-0.3, -0.25) is 9.10 Å². The van der Waals surface area contributed by atoms with Crippen LogP contribution >= 0.6 is 0 Å². The Morgan fingerprint density at radius 3 is 2.35 bits per heavy atom. The molecule has 1 aliphatic heterocycles. The number of ether oxygens (including phenoxy) is 1. The number of carbonyl (C=O) groups is 1. The Kier molecular flexibility index (Phi) is 5.69. The van der Waals surface area contributed by atoms with Crippen molar-refractivity contribution in [2.24, 2.45) is 0 Å². The van der Waals surface area contributed by atoms with Crippen LogP contribution in [0.2, 0.25) is 0 Å². The van der Waals surface area contributed by atoms with Crippen LogP contribution in [0.3, 0.4) is 0 Å². The largest absolute Gasteiger partial charge is 0.476 e. The maximum atomic E-state index is 13.3. The Balaban J connectivity index is 1.66. The predicted molar refractivity (Wildman–Crippen MR) is 121 cm³/mol. The molecule has 4 rings (SSSR count). The number of hydrogen-bond donors (Lipinski definition) is 1. The van der Waals surface area contributed by atoms with Gasteiger partial charge < -0.3 is 10.1 Å². The van der Waals surface area contributed by atoms with Gasteiger partial charge in [0.2, 0.25) is 10.0 Å². The van der Waals surface area contributed by atoms with E-state index >= 15 is 0 Å². The monoisotopic (exact) mass is 436 g/mol. The Morgan fingerprint density at radius 1 is 1.00 bits per heavy atom. The van der Waals surface area contributed by atoms with Gasteiger partial charge in [0.15, 0.2) is 6.10 Å². The number of sulfonamides is 1. The van der Waals surface area contributed by atoms with Gasteiger partial charge in [0.05, 0.1) is 24.5 Å². The molecule has 1 N–H and O–H groups in total. The van der Waals surface area contributed by atoms with E-state index in [1.54, 1.807) is 24.3 Å². The first-order valence-electron chi connectivity index (χ1n) is 9.99. The SMILES string of the molecule is Cc1ccccc1[C@H](NC(=O)[C@@H]1CN(S(C)(=O)=O)c2ccccc2O1)c1ccccc1. The zero-order chi connectivity index (χ0) is 22.0. The summed E-state index contributed by atoms with van der Waals surface area (Å²) in [5.41, 5.74) is 3.39. The molecule has 0 fully saturated rings. The van der Waals surface area contributed by atoms with Crippen molar-refractivity contribution in [3.8, 4) is 5.75 Å². The van der Waals surface area contributed by atoms with Gasteiger partial charge in [-0.2, -0.15) is 0 Å². The van der Waals surface area contributed by atoms with Crippen LogP contribution in [0.1, 0.15) is 22.7 Å². The van der Waals surface area contributed by atoms with E-state index in [4.69, 9.17) is 4.74 Å². The zero-order valence-corrected chi connectivity index (χ0v) is 18.2. The van der Waals surface area contributed by atoms with E-state index in [0.29, 0.717) is 11.4 Å². The standard InChI is InChI=1S/C24H24N2O4S/c1-17-10-6-7-13-19(17)23(18-11-4-3-5-12-18)25-24(27)22-16-26(31(2,28)29)20-14-8-9-15-21(20)30-22/h3-15,22-23H,16H2,1-2H3,(H,25,27)/t22-,23+/m0/s1. The number of fused-ring (bicyclic) bond motifs is 1. The topological polar surface area (TPSA) is 75.7 Å². The summed E-state index contributed by atoms with van der Waals surface area (Å²) >= 11 is 0. The van der Waals surface area contributed by atoms with Crippen LogP contribution in [-0.2, 0) is 14.8 Å². The zero-order valence-electron chi connectivity index (χ0n) is 17.4. The molecule has 1 amide bonds. The number of rotatable bonds is 5. The number of benzene rings is 3. The van der Waals surface area contributed by atoms with E-state index in [9.17, 15) is 13.2 Å². The molecule has 0 spiro atoms. The molecule has 3 aromatic rings. The Labute approximate surface area is 182 Å². The number of nitrogens with zero attached hydrogens (tertiary/aromatic N) is 1. The third-order valence-corrected chi connectivity index (χ3v) is 6.49. The highest BCUT2D eigenvalue weighted by Crippen LogP contribution is 2.35. The van der Waals surface area contributed by atoms with E-state index in [1.807, 2.05) is 61.5 Å². The lowest BCUT2D eigenvalue weighted by atomic mass is 9.94. The molecule has 0 bridgehead atoms. The van der Waals surface area contributed by atoms with Gasteiger partial charge >= 0.3 is 0 Å². The summed E-state index contributed by atoms with van der Waals surface area (Å²) < 4.78 is 31.9. The fourth-order valence-corrected chi connectivity index (χ4v) is 4.70. The van der Waals surface area contributed by atoms with Gasteiger partial charge in [-0.15, -0.1) is 0 Å². The van der Waals surface area contributed by atoms with Crippen molar-refractivity contribution in [2.45, 2.75) is 19.1 Å². The number of hydrogen-bond acceptors (Lipinski definition) is 4. The second-order valence-corrected chi connectivity index (χ2v) is 9.48. The van der Waals surface area contributed by atoms with E-state index in [0.717, 1.165) is 22.9 Å². The molecular formula is C24H24N2O4S. The summed E-state index contributed by atoms with van der Waals surface area (Å²) in [6.45, 7) is 1.91. The molecule has 6 nitrogen and oxygen atoms in total. The summed E-state index contributed by atoms with van der Waals surface area (Å²) in [5, 5.41) is 3.08. The van der Waals surface area contributed by atoms with Crippen LogP contribution in [0.4, 0.5) is 5.69 Å².